The Morgan fingerprint density at radius 1 is 1.18 bits per heavy atom. The van der Waals surface area contributed by atoms with E-state index < -0.39 is 17.9 Å². The number of pyridine rings is 1. The summed E-state index contributed by atoms with van der Waals surface area (Å²) in [6, 6.07) is 5.74. The lowest BCUT2D eigenvalue weighted by Gasteiger charge is -2.17. The van der Waals surface area contributed by atoms with Crippen LogP contribution in [-0.4, -0.2) is 23.0 Å². The van der Waals surface area contributed by atoms with Gasteiger partial charge in [-0.05, 0) is 29.3 Å². The number of halogens is 3. The first kappa shape index (κ1) is 14.6. The number of nitrogens with one attached hydrogen (secondary N) is 1. The van der Waals surface area contributed by atoms with E-state index in [4.69, 9.17) is 0 Å². The maximum Gasteiger partial charge on any atom is 0.573 e. The lowest BCUT2D eigenvalue weighted by atomic mass is 10.0. The Morgan fingerprint density at radius 2 is 2.00 bits per heavy atom. The molecule has 0 unspecified atom stereocenters. The number of phenolic OH excluding ortho intramolecular Hbond substituents is 1. The van der Waals surface area contributed by atoms with Gasteiger partial charge in [-0.15, -0.1) is 13.2 Å². The minimum absolute atomic E-state index is 0.498. The van der Waals surface area contributed by atoms with Crippen LogP contribution in [0, 0.1) is 0 Å². The summed E-state index contributed by atoms with van der Waals surface area (Å²) in [7, 11) is 0. The predicted octanol–water partition coefficient (Wildman–Crippen LogP) is 3.00. The maximum absolute atomic E-state index is 12.3. The third kappa shape index (κ3) is 3.14. The van der Waals surface area contributed by atoms with Crippen molar-refractivity contribution in [3.63, 3.8) is 0 Å². The normalized spacial score (nSPS) is 14.5. The molecule has 0 saturated carbocycles. The van der Waals surface area contributed by atoms with Crippen molar-refractivity contribution in [1.82, 2.24) is 10.3 Å². The molecule has 116 valence electrons. The highest BCUT2D eigenvalue weighted by atomic mass is 19.4. The fourth-order valence-corrected chi connectivity index (χ4v) is 2.40. The zero-order valence-electron chi connectivity index (χ0n) is 11.4. The van der Waals surface area contributed by atoms with Crippen molar-refractivity contribution >= 4 is 0 Å². The molecule has 0 fully saturated rings. The van der Waals surface area contributed by atoms with Crippen LogP contribution >= 0.6 is 0 Å². The van der Waals surface area contributed by atoms with E-state index in [2.05, 4.69) is 15.0 Å². The summed E-state index contributed by atoms with van der Waals surface area (Å²) in [4.78, 5) is 4.36. The lowest BCUT2D eigenvalue weighted by molar-refractivity contribution is -0.275. The van der Waals surface area contributed by atoms with Gasteiger partial charge in [0.2, 0.25) is 0 Å². The molecule has 4 nitrogen and oxygen atoms in total. The Kier molecular flexibility index (Phi) is 3.66. The SMILES string of the molecule is Oc1ccc(-c2cnc3c(c2)CNCC3)cc1OC(F)(F)F. The Morgan fingerprint density at radius 3 is 2.77 bits per heavy atom. The van der Waals surface area contributed by atoms with Gasteiger partial charge < -0.3 is 15.2 Å². The number of alkyl halides is 3. The van der Waals surface area contributed by atoms with Gasteiger partial charge in [-0.3, -0.25) is 4.98 Å². The number of ether oxygens (including phenoxy) is 1. The highest BCUT2D eigenvalue weighted by Gasteiger charge is 2.32. The molecule has 3 rings (SSSR count). The van der Waals surface area contributed by atoms with Crippen molar-refractivity contribution in [2.45, 2.75) is 19.3 Å². The molecule has 0 bridgehead atoms. The molecule has 1 aliphatic rings. The average molecular weight is 310 g/mol. The second kappa shape index (κ2) is 5.49. The largest absolute Gasteiger partial charge is 0.573 e. The van der Waals surface area contributed by atoms with Gasteiger partial charge in [-0.1, -0.05) is 6.07 Å². The van der Waals surface area contributed by atoms with Crippen LogP contribution in [0.3, 0.4) is 0 Å². The molecule has 1 aromatic heterocycles. The van der Waals surface area contributed by atoms with Crippen molar-refractivity contribution in [3.05, 3.63) is 41.7 Å². The van der Waals surface area contributed by atoms with E-state index in [0.29, 0.717) is 17.7 Å². The quantitative estimate of drug-likeness (QED) is 0.895. The van der Waals surface area contributed by atoms with E-state index in [1.165, 1.54) is 12.1 Å². The molecule has 0 amide bonds. The summed E-state index contributed by atoms with van der Waals surface area (Å²) < 4.78 is 40.8. The van der Waals surface area contributed by atoms with Gasteiger partial charge in [0.25, 0.3) is 0 Å². The molecule has 0 spiro atoms. The third-order valence-corrected chi connectivity index (χ3v) is 3.43. The molecule has 0 atom stereocenters. The molecule has 0 saturated heterocycles. The summed E-state index contributed by atoms with van der Waals surface area (Å²) in [5.41, 5.74) is 3.19. The van der Waals surface area contributed by atoms with E-state index in [0.717, 1.165) is 30.3 Å². The number of hydrogen-bond donors (Lipinski definition) is 2. The standard InChI is InChI=1S/C15H13F3N2O2/c16-15(17,18)22-14-6-9(1-2-13(14)21)10-5-11-7-19-4-3-12(11)20-8-10/h1-2,5-6,8,19,21H,3-4,7H2. The molecule has 2 N–H and O–H groups in total. The molecule has 1 aromatic carbocycles. The van der Waals surface area contributed by atoms with Crippen molar-refractivity contribution in [1.29, 1.82) is 0 Å². The molecule has 22 heavy (non-hydrogen) atoms. The number of aromatic nitrogens is 1. The molecular formula is C15H13F3N2O2. The first-order valence-electron chi connectivity index (χ1n) is 6.70. The minimum Gasteiger partial charge on any atom is -0.504 e. The van der Waals surface area contributed by atoms with Gasteiger partial charge in [0, 0.05) is 37.0 Å². The fraction of sp³-hybridized carbons (Fsp3) is 0.267. The smallest absolute Gasteiger partial charge is 0.504 e. The summed E-state index contributed by atoms with van der Waals surface area (Å²) in [5, 5.41) is 12.7. The van der Waals surface area contributed by atoms with Crippen molar-refractivity contribution in [2.24, 2.45) is 0 Å². The summed E-state index contributed by atoms with van der Waals surface area (Å²) in [6.45, 7) is 1.54. The Hall–Kier alpha value is -2.28. The highest BCUT2D eigenvalue weighted by Crippen LogP contribution is 2.35. The zero-order chi connectivity index (χ0) is 15.7. The van der Waals surface area contributed by atoms with Gasteiger partial charge >= 0.3 is 6.36 Å². The minimum atomic E-state index is -4.85. The number of hydrogen-bond acceptors (Lipinski definition) is 4. The van der Waals surface area contributed by atoms with E-state index in [-0.39, 0.29) is 0 Å². The van der Waals surface area contributed by atoms with Crippen LogP contribution in [0.5, 0.6) is 11.5 Å². The average Bonchev–Trinajstić information content (AvgIpc) is 2.48. The first-order chi connectivity index (χ1) is 10.4. The summed E-state index contributed by atoms with van der Waals surface area (Å²) in [5.74, 6) is -1.19. The summed E-state index contributed by atoms with van der Waals surface area (Å²) >= 11 is 0. The second-order valence-corrected chi connectivity index (χ2v) is 4.99. The molecule has 2 heterocycles. The van der Waals surface area contributed by atoms with Gasteiger partial charge in [-0.25, -0.2) is 0 Å². The predicted molar refractivity (Wildman–Crippen MR) is 73.4 cm³/mol. The number of nitrogens with zero attached hydrogens (tertiary/aromatic N) is 1. The number of fused-ring (bicyclic) bond motifs is 1. The van der Waals surface area contributed by atoms with Crippen LogP contribution in [0.4, 0.5) is 13.2 Å². The van der Waals surface area contributed by atoms with E-state index in [1.807, 2.05) is 6.07 Å². The van der Waals surface area contributed by atoms with Gasteiger partial charge in [0.15, 0.2) is 11.5 Å². The Balaban J connectivity index is 1.96. The van der Waals surface area contributed by atoms with Crippen molar-refractivity contribution in [3.8, 4) is 22.6 Å². The molecule has 2 aromatic rings. The number of rotatable bonds is 2. The molecule has 1 aliphatic heterocycles. The monoisotopic (exact) mass is 310 g/mol. The Bertz CT molecular complexity index is 702. The van der Waals surface area contributed by atoms with Crippen molar-refractivity contribution < 1.29 is 23.0 Å². The topological polar surface area (TPSA) is 54.4 Å². The van der Waals surface area contributed by atoms with Crippen LogP contribution in [0.15, 0.2) is 30.5 Å². The molecule has 0 radical (unpaired) electrons. The third-order valence-electron chi connectivity index (χ3n) is 3.43. The van der Waals surface area contributed by atoms with Crippen LogP contribution < -0.4 is 10.1 Å². The van der Waals surface area contributed by atoms with E-state index in [1.54, 1.807) is 6.20 Å². The Labute approximate surface area is 124 Å². The zero-order valence-corrected chi connectivity index (χ0v) is 11.4. The molecular weight excluding hydrogens is 297 g/mol. The van der Waals surface area contributed by atoms with Crippen LogP contribution in [-0.2, 0) is 13.0 Å². The second-order valence-electron chi connectivity index (χ2n) is 4.99. The van der Waals surface area contributed by atoms with E-state index in [9.17, 15) is 18.3 Å². The van der Waals surface area contributed by atoms with Gasteiger partial charge in [0.05, 0.1) is 0 Å². The van der Waals surface area contributed by atoms with Gasteiger partial charge in [-0.2, -0.15) is 0 Å². The number of benzene rings is 1. The first-order valence-corrected chi connectivity index (χ1v) is 6.70. The number of phenols is 1. The highest BCUT2D eigenvalue weighted by molar-refractivity contribution is 5.67. The molecule has 7 heteroatoms. The maximum atomic E-state index is 12.3. The lowest BCUT2D eigenvalue weighted by Crippen LogP contribution is -2.24. The molecule has 0 aliphatic carbocycles. The summed E-state index contributed by atoms with van der Waals surface area (Å²) in [6.07, 6.45) is -2.41. The fourth-order valence-electron chi connectivity index (χ4n) is 2.40. The van der Waals surface area contributed by atoms with Crippen molar-refractivity contribution in [2.75, 3.05) is 6.54 Å². The van der Waals surface area contributed by atoms with E-state index >= 15 is 0 Å². The van der Waals surface area contributed by atoms with Gasteiger partial charge in [0.1, 0.15) is 0 Å². The van der Waals surface area contributed by atoms with Crippen LogP contribution in [0.25, 0.3) is 11.1 Å². The number of aromatic hydroxyl groups is 1. The van der Waals surface area contributed by atoms with Crippen LogP contribution in [0.2, 0.25) is 0 Å². The van der Waals surface area contributed by atoms with Crippen LogP contribution in [0.1, 0.15) is 11.3 Å².